The molecule has 1 aromatic rings. The number of likely N-dealkylation sites (N-methyl/N-ethyl adjacent to an activating group) is 1. The zero-order valence-corrected chi connectivity index (χ0v) is 18.6. The van der Waals surface area contributed by atoms with Crippen molar-refractivity contribution in [2.45, 2.75) is 57.2 Å². The molecule has 0 aromatic heterocycles. The molecule has 0 radical (unpaired) electrons. The van der Waals surface area contributed by atoms with Crippen LogP contribution >= 0.6 is 0 Å². The maximum Gasteiger partial charge on any atom is 0.257 e. The molecule has 1 aliphatic carbocycles. The van der Waals surface area contributed by atoms with Gasteiger partial charge in [-0.05, 0) is 64.5 Å². The van der Waals surface area contributed by atoms with Gasteiger partial charge in [-0.25, -0.2) is 13.1 Å². The summed E-state index contributed by atoms with van der Waals surface area (Å²) in [7, 11) is -1.52. The van der Waals surface area contributed by atoms with Gasteiger partial charge in [-0.1, -0.05) is 0 Å². The zero-order chi connectivity index (χ0) is 21.2. The van der Waals surface area contributed by atoms with Crippen molar-refractivity contribution in [1.29, 1.82) is 0 Å². The number of sulfonamides is 1. The highest BCUT2D eigenvalue weighted by Crippen LogP contribution is 2.29. The van der Waals surface area contributed by atoms with Gasteiger partial charge in [0.25, 0.3) is 5.91 Å². The van der Waals surface area contributed by atoms with Gasteiger partial charge in [-0.3, -0.25) is 4.79 Å². The van der Waals surface area contributed by atoms with E-state index in [-0.39, 0.29) is 11.9 Å². The fraction of sp³-hybridized carbons (Fsp3) is 0.667. The number of amides is 1. The van der Waals surface area contributed by atoms with Crippen molar-refractivity contribution in [3.63, 3.8) is 0 Å². The lowest BCUT2D eigenvalue weighted by atomic mass is 9.86. The molecule has 8 heteroatoms. The summed E-state index contributed by atoms with van der Waals surface area (Å²) in [5.41, 5.74) is 1.54. The average molecular weight is 424 g/mol. The van der Waals surface area contributed by atoms with Gasteiger partial charge in [0, 0.05) is 31.4 Å². The smallest absolute Gasteiger partial charge is 0.257 e. The number of hydrogen-bond donors (Lipinski definition) is 2. The first kappa shape index (κ1) is 21.9. The largest absolute Gasteiger partial charge is 0.491 e. The number of rotatable bonds is 5. The second-order valence-electron chi connectivity index (χ2n) is 9.12. The summed E-state index contributed by atoms with van der Waals surface area (Å²) in [6.07, 6.45) is 3.68. The minimum atomic E-state index is -3.30. The summed E-state index contributed by atoms with van der Waals surface area (Å²) in [6.45, 7) is 7.07. The van der Waals surface area contributed by atoms with Crippen LogP contribution in [0.5, 0.6) is 5.75 Å². The third-order valence-corrected chi connectivity index (χ3v) is 8.07. The van der Waals surface area contributed by atoms with E-state index in [0.717, 1.165) is 37.9 Å². The first-order chi connectivity index (χ1) is 13.6. The van der Waals surface area contributed by atoms with Gasteiger partial charge >= 0.3 is 0 Å². The summed E-state index contributed by atoms with van der Waals surface area (Å²) in [4.78, 5) is 14.0. The SMILES string of the molecule is CN1CCOc2cc(NCC3CCC(NS(=O)(=O)C(C)(C)C)CC3)ccc2C1=O. The molecule has 0 saturated heterocycles. The topological polar surface area (TPSA) is 87.7 Å². The molecule has 0 atom stereocenters. The van der Waals surface area contributed by atoms with Crippen LogP contribution in [0.1, 0.15) is 56.8 Å². The molecule has 162 valence electrons. The van der Waals surface area contributed by atoms with Crippen molar-refractivity contribution in [3.8, 4) is 5.75 Å². The summed E-state index contributed by atoms with van der Waals surface area (Å²) < 4.78 is 32.5. The Morgan fingerprint density at radius 1 is 1.17 bits per heavy atom. The minimum Gasteiger partial charge on any atom is -0.491 e. The van der Waals surface area contributed by atoms with Crippen LogP contribution in [-0.4, -0.2) is 56.8 Å². The van der Waals surface area contributed by atoms with Gasteiger partial charge in [-0.2, -0.15) is 0 Å². The van der Waals surface area contributed by atoms with E-state index in [1.165, 1.54) is 0 Å². The Hall–Kier alpha value is -1.80. The highest BCUT2D eigenvalue weighted by atomic mass is 32.2. The molecule has 2 N–H and O–H groups in total. The maximum atomic E-state index is 12.3. The molecule has 0 unspecified atom stereocenters. The van der Waals surface area contributed by atoms with Crippen molar-refractivity contribution >= 4 is 21.6 Å². The van der Waals surface area contributed by atoms with E-state index in [0.29, 0.717) is 30.4 Å². The maximum absolute atomic E-state index is 12.3. The van der Waals surface area contributed by atoms with Crippen LogP contribution in [0.3, 0.4) is 0 Å². The van der Waals surface area contributed by atoms with E-state index in [4.69, 9.17) is 4.74 Å². The number of ether oxygens (including phenoxy) is 1. The molecule has 0 spiro atoms. The Kier molecular flexibility index (Phi) is 6.43. The summed E-state index contributed by atoms with van der Waals surface area (Å²) in [6, 6.07) is 5.66. The standard InChI is InChI=1S/C21H33N3O4S/c1-21(2,3)29(26,27)23-16-7-5-15(6-8-16)14-22-17-9-10-18-19(13-17)28-12-11-24(4)20(18)25/h9-10,13,15-16,22-23H,5-8,11-12,14H2,1-4H3. The zero-order valence-electron chi connectivity index (χ0n) is 17.8. The van der Waals surface area contributed by atoms with Crippen LogP contribution in [0, 0.1) is 5.92 Å². The fourth-order valence-corrected chi connectivity index (χ4v) is 4.70. The fourth-order valence-electron chi connectivity index (χ4n) is 3.67. The Balaban J connectivity index is 1.51. The summed E-state index contributed by atoms with van der Waals surface area (Å²) >= 11 is 0. The first-order valence-corrected chi connectivity index (χ1v) is 11.8. The first-order valence-electron chi connectivity index (χ1n) is 10.3. The molecular weight excluding hydrogens is 390 g/mol. The predicted octanol–water partition coefficient (Wildman–Crippen LogP) is 2.84. The van der Waals surface area contributed by atoms with Crippen LogP contribution in [0.2, 0.25) is 0 Å². The van der Waals surface area contributed by atoms with Crippen molar-refractivity contribution in [3.05, 3.63) is 23.8 Å². The van der Waals surface area contributed by atoms with Gasteiger partial charge in [-0.15, -0.1) is 0 Å². The number of hydrogen-bond acceptors (Lipinski definition) is 5. The lowest BCUT2D eigenvalue weighted by molar-refractivity contribution is 0.0796. The number of anilines is 1. The lowest BCUT2D eigenvalue weighted by Crippen LogP contribution is -2.46. The van der Waals surface area contributed by atoms with Gasteiger partial charge in [0.05, 0.1) is 16.9 Å². The molecule has 1 heterocycles. The van der Waals surface area contributed by atoms with Crippen molar-refractivity contribution in [2.75, 3.05) is 32.1 Å². The highest BCUT2D eigenvalue weighted by molar-refractivity contribution is 7.90. The number of nitrogens with zero attached hydrogens (tertiary/aromatic N) is 1. The van der Waals surface area contributed by atoms with Gasteiger partial charge in [0.1, 0.15) is 12.4 Å². The highest BCUT2D eigenvalue weighted by Gasteiger charge is 2.32. The molecule has 1 fully saturated rings. The average Bonchev–Trinajstić information content (AvgIpc) is 2.79. The quantitative estimate of drug-likeness (QED) is 0.760. The number of carbonyl (C=O) groups excluding carboxylic acids is 1. The monoisotopic (exact) mass is 423 g/mol. The Morgan fingerprint density at radius 3 is 2.52 bits per heavy atom. The van der Waals surface area contributed by atoms with Crippen LogP contribution in [0.25, 0.3) is 0 Å². The summed E-state index contributed by atoms with van der Waals surface area (Å²) in [5.74, 6) is 1.11. The van der Waals surface area contributed by atoms with E-state index < -0.39 is 14.8 Å². The molecule has 29 heavy (non-hydrogen) atoms. The third-order valence-electron chi connectivity index (χ3n) is 5.81. The third kappa shape index (κ3) is 5.22. The Bertz CT molecular complexity index is 840. The molecule has 1 aromatic carbocycles. The molecule has 0 bridgehead atoms. The molecular formula is C21H33N3O4S. The number of carbonyl (C=O) groups is 1. The number of nitrogens with one attached hydrogen (secondary N) is 2. The summed E-state index contributed by atoms with van der Waals surface area (Å²) in [5, 5.41) is 3.45. The van der Waals surface area contributed by atoms with E-state index in [1.807, 2.05) is 18.2 Å². The van der Waals surface area contributed by atoms with Gasteiger partial charge < -0.3 is 15.0 Å². The second-order valence-corrected chi connectivity index (χ2v) is 11.6. The van der Waals surface area contributed by atoms with Gasteiger partial charge in [0.15, 0.2) is 0 Å². The number of benzene rings is 1. The van der Waals surface area contributed by atoms with Crippen LogP contribution in [0.15, 0.2) is 18.2 Å². The van der Waals surface area contributed by atoms with Crippen molar-refractivity contribution < 1.29 is 17.9 Å². The molecule has 3 rings (SSSR count). The van der Waals surface area contributed by atoms with Crippen molar-refractivity contribution in [1.82, 2.24) is 9.62 Å². The number of fused-ring (bicyclic) bond motifs is 1. The Labute approximate surface area is 174 Å². The molecule has 2 aliphatic rings. The van der Waals surface area contributed by atoms with Crippen LogP contribution < -0.4 is 14.8 Å². The van der Waals surface area contributed by atoms with Crippen LogP contribution in [-0.2, 0) is 10.0 Å². The Morgan fingerprint density at radius 2 is 1.86 bits per heavy atom. The lowest BCUT2D eigenvalue weighted by Gasteiger charge is -2.31. The predicted molar refractivity (Wildman–Crippen MR) is 115 cm³/mol. The normalized spacial score (nSPS) is 23.2. The van der Waals surface area contributed by atoms with Crippen molar-refractivity contribution in [2.24, 2.45) is 5.92 Å². The van der Waals surface area contributed by atoms with E-state index in [1.54, 1.807) is 32.7 Å². The second kappa shape index (κ2) is 8.52. The molecule has 1 amide bonds. The van der Waals surface area contributed by atoms with Crippen LogP contribution in [0.4, 0.5) is 5.69 Å². The van der Waals surface area contributed by atoms with Gasteiger partial charge in [0.2, 0.25) is 10.0 Å². The van der Waals surface area contributed by atoms with E-state index >= 15 is 0 Å². The molecule has 7 nitrogen and oxygen atoms in total. The van der Waals surface area contributed by atoms with E-state index in [2.05, 4.69) is 10.0 Å². The molecule has 1 aliphatic heterocycles. The molecule has 1 saturated carbocycles. The minimum absolute atomic E-state index is 0.0138. The van der Waals surface area contributed by atoms with E-state index in [9.17, 15) is 13.2 Å².